The van der Waals surface area contributed by atoms with Crippen molar-refractivity contribution in [1.82, 2.24) is 9.80 Å². The van der Waals surface area contributed by atoms with Crippen LogP contribution in [-0.4, -0.2) is 52.8 Å². The topological polar surface area (TPSA) is 159 Å². The Morgan fingerprint density at radius 2 is 1.22 bits per heavy atom. The van der Waals surface area contributed by atoms with Crippen LogP contribution in [0.1, 0.15) is 49.3 Å². The first-order valence-corrected chi connectivity index (χ1v) is 19.1. The normalized spacial score (nSPS) is 21.0. The summed E-state index contributed by atoms with van der Waals surface area (Å²) in [6.07, 6.45) is 11.2. The molecule has 290 valence electrons. The first kappa shape index (κ1) is 37.9. The maximum atomic E-state index is 13.7. The SMILES string of the molecule is Cc1ccc(Oc2ccc(C(C)(CN=[N+]=[N-])c3ccc(OC4=CC=C(N5C(=O)C6=CCC(C(=O)C7C=C8C(=O)N(C)C(=O)C8=CC7)C=C6C5=O)CC4)cc3)cc2)cc1. The fraction of sp³-hybridized carbons (Fsp3) is 0.239. The molecule has 3 aromatic rings. The van der Waals surface area contributed by atoms with E-state index in [1.54, 1.807) is 36.5 Å². The number of likely N-dealkylation sites (N-methyl/N-ethyl adjacent to an activating group) is 1. The van der Waals surface area contributed by atoms with Gasteiger partial charge in [0.15, 0.2) is 0 Å². The average molecular weight is 774 g/mol. The van der Waals surface area contributed by atoms with Crippen LogP contribution in [0.3, 0.4) is 0 Å². The largest absolute Gasteiger partial charge is 0.462 e. The Balaban J connectivity index is 0.930. The molecule has 12 nitrogen and oxygen atoms in total. The first-order chi connectivity index (χ1) is 27.9. The molecule has 0 aromatic heterocycles. The Morgan fingerprint density at radius 3 is 1.78 bits per heavy atom. The molecule has 2 saturated heterocycles. The van der Waals surface area contributed by atoms with Gasteiger partial charge >= 0.3 is 0 Å². The quantitative estimate of drug-likeness (QED) is 0.0826. The number of Topliss-reactive ketones (excluding diaryl/α,β-unsaturated/α-hetero) is 1. The zero-order valence-electron chi connectivity index (χ0n) is 32.2. The van der Waals surface area contributed by atoms with Crippen molar-refractivity contribution in [1.29, 1.82) is 0 Å². The van der Waals surface area contributed by atoms with E-state index in [4.69, 9.17) is 9.47 Å². The number of likely N-dealkylation sites (tertiary alicyclic amines) is 2. The first-order valence-electron chi connectivity index (χ1n) is 19.1. The molecule has 4 amide bonds. The molecule has 0 saturated carbocycles. The molecule has 0 N–H and O–H groups in total. The third-order valence-corrected chi connectivity index (χ3v) is 11.5. The minimum absolute atomic E-state index is 0.174. The van der Waals surface area contributed by atoms with Crippen molar-refractivity contribution in [2.24, 2.45) is 17.0 Å². The van der Waals surface area contributed by atoms with Crippen molar-refractivity contribution in [3.8, 4) is 17.2 Å². The standard InChI is InChI=1S/C46H39N5O7/c1-27-4-14-33(15-5-27)57-34-16-8-30(9-17-34)46(2,26-48-49-47)31-10-18-35(19-11-31)58-36-20-12-32(13-21-36)51-44(55)38-23-7-29(25-40(38)45(51)56)41(52)28-6-22-37-39(24-28)43(54)50(3)42(37)53/h4-5,8-12,14-20,22-25,28-29H,6-7,13,21,26H2,1-3H3. The molecular formula is C46H39N5O7. The number of hydrogen-bond donors (Lipinski definition) is 0. The number of allylic oxidation sites excluding steroid dienone is 8. The number of ketones is 1. The van der Waals surface area contributed by atoms with Gasteiger partial charge in [-0.1, -0.05) is 78.3 Å². The highest BCUT2D eigenvalue weighted by Crippen LogP contribution is 2.40. The van der Waals surface area contributed by atoms with E-state index in [9.17, 15) is 29.5 Å². The van der Waals surface area contributed by atoms with Crippen molar-refractivity contribution in [2.75, 3.05) is 13.6 Å². The van der Waals surface area contributed by atoms with Crippen molar-refractivity contribution < 1.29 is 33.4 Å². The molecule has 3 aliphatic carbocycles. The van der Waals surface area contributed by atoms with E-state index in [0.29, 0.717) is 41.4 Å². The minimum atomic E-state index is -0.648. The maximum Gasteiger partial charge on any atom is 0.265 e. The van der Waals surface area contributed by atoms with Gasteiger partial charge in [-0.3, -0.25) is 28.9 Å². The van der Waals surface area contributed by atoms with Crippen molar-refractivity contribution >= 4 is 29.4 Å². The summed E-state index contributed by atoms with van der Waals surface area (Å²) < 4.78 is 12.2. The number of fused-ring (bicyclic) bond motifs is 2. The van der Waals surface area contributed by atoms with Gasteiger partial charge in [-0.25, -0.2) is 4.90 Å². The molecule has 5 aliphatic rings. The van der Waals surface area contributed by atoms with Gasteiger partial charge in [-0.2, -0.15) is 0 Å². The Morgan fingerprint density at radius 1 is 0.724 bits per heavy atom. The Hall–Kier alpha value is -7.04. The van der Waals surface area contributed by atoms with Gasteiger partial charge in [0.05, 0.1) is 0 Å². The highest BCUT2D eigenvalue weighted by molar-refractivity contribution is 6.26. The number of carbonyl (C=O) groups excluding carboxylic acids is 5. The Labute approximate surface area is 334 Å². The Kier molecular flexibility index (Phi) is 9.88. The fourth-order valence-corrected chi connectivity index (χ4v) is 8.00. The number of ether oxygens (including phenoxy) is 2. The number of amides is 4. The molecule has 0 bridgehead atoms. The molecule has 2 aliphatic heterocycles. The van der Waals surface area contributed by atoms with Crippen LogP contribution in [0.15, 0.2) is 148 Å². The number of azide groups is 1. The molecule has 3 unspecified atom stereocenters. The highest BCUT2D eigenvalue weighted by Gasteiger charge is 2.44. The number of benzene rings is 3. The van der Waals surface area contributed by atoms with E-state index in [-0.39, 0.29) is 47.8 Å². The highest BCUT2D eigenvalue weighted by atomic mass is 16.5. The van der Waals surface area contributed by atoms with E-state index in [2.05, 4.69) is 10.0 Å². The molecule has 0 radical (unpaired) electrons. The number of nitrogens with zero attached hydrogens (tertiary/aromatic N) is 5. The number of rotatable bonds is 11. The van der Waals surface area contributed by atoms with Gasteiger partial charge in [0.25, 0.3) is 23.6 Å². The molecule has 3 atom stereocenters. The van der Waals surface area contributed by atoms with E-state index < -0.39 is 35.0 Å². The van der Waals surface area contributed by atoms with E-state index >= 15 is 0 Å². The molecule has 58 heavy (non-hydrogen) atoms. The van der Waals surface area contributed by atoms with Crippen LogP contribution in [0.5, 0.6) is 17.2 Å². The zero-order valence-corrected chi connectivity index (χ0v) is 32.2. The number of hydrogen-bond acceptors (Lipinski definition) is 8. The summed E-state index contributed by atoms with van der Waals surface area (Å²) in [5.41, 5.74) is 13.1. The van der Waals surface area contributed by atoms with Crippen LogP contribution in [0.4, 0.5) is 0 Å². The molecule has 2 fully saturated rings. The van der Waals surface area contributed by atoms with Crippen LogP contribution in [0.25, 0.3) is 10.4 Å². The smallest absolute Gasteiger partial charge is 0.265 e. The summed E-state index contributed by atoms with van der Waals surface area (Å²) in [6, 6.07) is 23.2. The van der Waals surface area contributed by atoms with Crippen LogP contribution < -0.4 is 9.47 Å². The number of carbonyl (C=O) groups is 5. The van der Waals surface area contributed by atoms with Crippen LogP contribution >= 0.6 is 0 Å². The number of aryl methyl sites for hydroxylation is 1. The lowest BCUT2D eigenvalue weighted by atomic mass is 9.76. The summed E-state index contributed by atoms with van der Waals surface area (Å²) in [7, 11) is 1.41. The van der Waals surface area contributed by atoms with Gasteiger partial charge in [-0.05, 0) is 91.4 Å². The van der Waals surface area contributed by atoms with E-state index in [0.717, 1.165) is 27.3 Å². The molecule has 0 spiro atoms. The minimum Gasteiger partial charge on any atom is -0.462 e. The van der Waals surface area contributed by atoms with Crippen LogP contribution in [0.2, 0.25) is 0 Å². The molecular weight excluding hydrogens is 735 g/mol. The average Bonchev–Trinajstić information content (AvgIpc) is 3.63. The van der Waals surface area contributed by atoms with E-state index in [1.165, 1.54) is 11.9 Å². The fourth-order valence-electron chi connectivity index (χ4n) is 8.00. The summed E-state index contributed by atoms with van der Waals surface area (Å²) in [4.78, 5) is 70.9. The lowest BCUT2D eigenvalue weighted by Crippen LogP contribution is -2.29. The summed E-state index contributed by atoms with van der Waals surface area (Å²) in [6.45, 7) is 4.24. The lowest BCUT2D eigenvalue weighted by molar-refractivity contribution is -0.136. The van der Waals surface area contributed by atoms with Crippen molar-refractivity contribution in [3.05, 3.63) is 170 Å². The van der Waals surface area contributed by atoms with Crippen molar-refractivity contribution in [3.63, 3.8) is 0 Å². The van der Waals surface area contributed by atoms with Gasteiger partial charge in [0, 0.05) is 70.2 Å². The number of imide groups is 2. The predicted octanol–water partition coefficient (Wildman–Crippen LogP) is 8.03. The van der Waals surface area contributed by atoms with Crippen LogP contribution in [-0.2, 0) is 29.4 Å². The van der Waals surface area contributed by atoms with Crippen molar-refractivity contribution in [2.45, 2.75) is 44.9 Å². The van der Waals surface area contributed by atoms with Gasteiger partial charge in [0.1, 0.15) is 28.8 Å². The zero-order chi connectivity index (χ0) is 40.7. The molecule has 2 heterocycles. The summed E-state index contributed by atoms with van der Waals surface area (Å²) in [5, 5.41) is 3.94. The second kappa shape index (κ2) is 15.1. The lowest BCUT2D eigenvalue weighted by Gasteiger charge is -2.29. The monoisotopic (exact) mass is 773 g/mol. The molecule has 3 aromatic carbocycles. The molecule has 8 rings (SSSR count). The maximum absolute atomic E-state index is 13.7. The molecule has 12 heteroatoms. The van der Waals surface area contributed by atoms with Gasteiger partial charge in [0.2, 0.25) is 0 Å². The van der Waals surface area contributed by atoms with Crippen LogP contribution in [0, 0.1) is 18.8 Å². The Bertz CT molecular complexity index is 2520. The second-order valence-electron chi connectivity index (χ2n) is 15.2. The predicted molar refractivity (Wildman–Crippen MR) is 214 cm³/mol. The second-order valence-corrected chi connectivity index (χ2v) is 15.2. The third-order valence-electron chi connectivity index (χ3n) is 11.5. The van der Waals surface area contributed by atoms with Gasteiger partial charge in [-0.15, -0.1) is 0 Å². The summed E-state index contributed by atoms with van der Waals surface area (Å²) in [5.74, 6) is -0.470. The van der Waals surface area contributed by atoms with Gasteiger partial charge < -0.3 is 9.47 Å². The summed E-state index contributed by atoms with van der Waals surface area (Å²) >= 11 is 0. The third kappa shape index (κ3) is 6.88. The van der Waals surface area contributed by atoms with E-state index in [1.807, 2.05) is 86.6 Å².